The number of hydrogen-bond acceptors (Lipinski definition) is 12. The van der Waals surface area contributed by atoms with Crippen LogP contribution in [0.2, 0.25) is 0 Å². The summed E-state index contributed by atoms with van der Waals surface area (Å²) in [7, 11) is 5.32. The Morgan fingerprint density at radius 1 is 0.437 bits per heavy atom. The summed E-state index contributed by atoms with van der Waals surface area (Å²) in [6.07, 6.45) is 7.12. The molecular formula is C72H66N6O9. The summed E-state index contributed by atoms with van der Waals surface area (Å²) >= 11 is 0. The first-order valence-corrected chi connectivity index (χ1v) is 28.9. The Labute approximate surface area is 507 Å². The largest absolute Gasteiger partial charge is 0.493 e. The molecule has 15 nitrogen and oxygen atoms in total. The number of pyridine rings is 3. The van der Waals surface area contributed by atoms with Crippen LogP contribution in [0, 0.1) is 53.3 Å². The number of fused-ring (bicyclic) bond motifs is 6. The van der Waals surface area contributed by atoms with Crippen molar-refractivity contribution < 1.29 is 42.8 Å². The average Bonchev–Trinajstić information content (AvgIpc) is 4.01. The van der Waals surface area contributed by atoms with Gasteiger partial charge in [0, 0.05) is 97.9 Å². The molecule has 0 N–H and O–H groups in total. The smallest absolute Gasteiger partial charge is 0.233 e. The molecule has 0 aliphatic carbocycles. The number of carbonyl (C=O) groups is 3. The summed E-state index contributed by atoms with van der Waals surface area (Å²) in [6.45, 7) is 8.28. The van der Waals surface area contributed by atoms with Crippen molar-refractivity contribution in [2.45, 2.75) is 40.0 Å². The Bertz CT molecular complexity index is 4000. The summed E-state index contributed by atoms with van der Waals surface area (Å²) in [5.41, 5.74) is 7.58. The van der Waals surface area contributed by atoms with Crippen molar-refractivity contribution in [2.75, 3.05) is 75.5 Å². The van der Waals surface area contributed by atoms with E-state index in [2.05, 4.69) is 50.5 Å². The van der Waals surface area contributed by atoms with E-state index >= 15 is 0 Å². The maximum absolute atomic E-state index is 12.3. The molecule has 0 spiro atoms. The molecule has 9 aromatic rings. The van der Waals surface area contributed by atoms with Gasteiger partial charge in [0.2, 0.25) is 17.7 Å². The van der Waals surface area contributed by atoms with Crippen molar-refractivity contribution in [1.82, 2.24) is 15.0 Å². The van der Waals surface area contributed by atoms with Crippen LogP contribution in [0.15, 0.2) is 164 Å². The zero-order valence-electron chi connectivity index (χ0n) is 49.5. The van der Waals surface area contributed by atoms with Gasteiger partial charge in [-0.3, -0.25) is 29.3 Å². The molecule has 3 atom stereocenters. The highest BCUT2D eigenvalue weighted by Crippen LogP contribution is 2.35. The number of anilines is 3. The Kier molecular flexibility index (Phi) is 19.4. The third-order valence-corrected chi connectivity index (χ3v) is 14.6. The molecule has 3 amide bonds. The first-order chi connectivity index (χ1) is 42.4. The average molecular weight is 1160 g/mol. The van der Waals surface area contributed by atoms with Crippen LogP contribution in [-0.4, -0.2) is 93.5 Å². The maximum atomic E-state index is 12.3. The second kappa shape index (κ2) is 28.3. The number of hydrogen-bond donors (Lipinski definition) is 0. The van der Waals surface area contributed by atoms with Crippen LogP contribution in [0.25, 0.3) is 32.7 Å². The minimum Gasteiger partial charge on any atom is -0.493 e. The minimum absolute atomic E-state index is 0.0480. The Hall–Kier alpha value is -10.6. The maximum Gasteiger partial charge on any atom is 0.233 e. The molecule has 15 heteroatoms. The fourth-order valence-corrected chi connectivity index (χ4v) is 9.77. The lowest BCUT2D eigenvalue weighted by Crippen LogP contribution is -2.31. The van der Waals surface area contributed by atoms with Gasteiger partial charge < -0.3 is 43.1 Å². The van der Waals surface area contributed by atoms with Crippen molar-refractivity contribution in [3.05, 3.63) is 181 Å². The Morgan fingerprint density at radius 3 is 1.39 bits per heavy atom. The molecule has 0 radical (unpaired) electrons. The molecule has 3 aliphatic heterocycles. The molecule has 3 aliphatic rings. The van der Waals surface area contributed by atoms with Gasteiger partial charge in [-0.15, -0.1) is 0 Å². The number of carbonyl (C=O) groups excluding carboxylic acids is 3. The minimum atomic E-state index is -0.164. The van der Waals surface area contributed by atoms with Crippen LogP contribution in [-0.2, 0) is 14.4 Å². The second-order valence-corrected chi connectivity index (χ2v) is 21.1. The van der Waals surface area contributed by atoms with Crippen LogP contribution in [0.5, 0.6) is 34.5 Å². The van der Waals surface area contributed by atoms with E-state index in [1.54, 1.807) is 54.4 Å². The topological polar surface area (TPSA) is 155 Å². The van der Waals surface area contributed by atoms with Crippen LogP contribution >= 0.6 is 0 Å². The normalized spacial score (nSPS) is 15.7. The van der Waals surface area contributed by atoms with Gasteiger partial charge in [0.1, 0.15) is 34.5 Å². The van der Waals surface area contributed by atoms with E-state index in [0.29, 0.717) is 76.2 Å². The molecule has 0 saturated carbocycles. The predicted octanol–water partition coefficient (Wildman–Crippen LogP) is 12.1. The number of nitrogens with zero attached hydrogens (tertiary/aromatic N) is 6. The zero-order chi connectivity index (χ0) is 60.7. The number of ether oxygens (including phenoxy) is 6. The van der Waals surface area contributed by atoms with Crippen LogP contribution in [0.3, 0.4) is 0 Å². The van der Waals surface area contributed by atoms with E-state index in [1.807, 2.05) is 166 Å². The highest BCUT2D eigenvalue weighted by Gasteiger charge is 2.28. The van der Waals surface area contributed by atoms with Crippen LogP contribution in [0.1, 0.15) is 56.7 Å². The van der Waals surface area contributed by atoms with E-state index in [1.165, 1.54) is 0 Å². The summed E-state index contributed by atoms with van der Waals surface area (Å²) in [6, 6.07) is 46.4. The fourth-order valence-electron chi connectivity index (χ4n) is 9.77. The second-order valence-electron chi connectivity index (χ2n) is 21.1. The molecule has 87 heavy (non-hydrogen) atoms. The van der Waals surface area contributed by atoms with Gasteiger partial charge in [-0.2, -0.15) is 0 Å². The number of aromatic nitrogens is 3. The van der Waals surface area contributed by atoms with Crippen molar-refractivity contribution >= 4 is 67.5 Å². The predicted molar refractivity (Wildman–Crippen MR) is 340 cm³/mol. The molecule has 6 heterocycles. The van der Waals surface area contributed by atoms with Crippen molar-refractivity contribution in [3.8, 4) is 70.0 Å². The van der Waals surface area contributed by atoms with E-state index in [4.69, 9.17) is 28.4 Å². The summed E-state index contributed by atoms with van der Waals surface area (Å²) in [5, 5.41) is 3.14. The number of benzene rings is 6. The molecule has 6 aromatic carbocycles. The van der Waals surface area contributed by atoms with Gasteiger partial charge in [-0.25, -0.2) is 0 Å². The zero-order valence-corrected chi connectivity index (χ0v) is 49.5. The lowest BCUT2D eigenvalue weighted by Gasteiger charge is -2.17. The first kappa shape index (κ1) is 59.6. The lowest BCUT2D eigenvalue weighted by molar-refractivity contribution is -0.122. The molecule has 3 aromatic heterocycles. The molecule has 438 valence electrons. The molecule has 0 bridgehead atoms. The van der Waals surface area contributed by atoms with E-state index < -0.39 is 0 Å². The van der Waals surface area contributed by atoms with Crippen LogP contribution in [0.4, 0.5) is 17.1 Å². The van der Waals surface area contributed by atoms with Crippen molar-refractivity contribution in [2.24, 2.45) is 17.8 Å². The van der Waals surface area contributed by atoms with Gasteiger partial charge in [0.15, 0.2) is 0 Å². The van der Waals surface area contributed by atoms with E-state index in [-0.39, 0.29) is 35.5 Å². The third kappa shape index (κ3) is 15.0. The summed E-state index contributed by atoms with van der Waals surface area (Å²) in [5.74, 6) is 23.0. The standard InChI is InChI=1S/3C24H22N2O3/c1-17-16-29-23-12-11-18(15-21(23)26(2)24(17)27)7-3-4-14-28-22-10-5-9-20-19(22)8-6-13-25-20;1-17-16-29-23-11-8-18(14-22(23)26(2)24(17)27)6-3-4-13-28-20-9-10-21-19(15-20)7-5-12-25-21;1-17-16-29-23-11-8-18(14-22(23)26(2)24(17)27)6-3-4-13-28-20-10-9-19-7-5-12-25-21(19)15-20/h5-6,8-13,15,17H,4,14,16H2,1-2H3;2*5,7-12,14-15,17H,4,13,16H2,1-2H3/t3*17-/m000/s1. The quantitative estimate of drug-likeness (QED) is 0.0997. The summed E-state index contributed by atoms with van der Waals surface area (Å²) < 4.78 is 34.7. The van der Waals surface area contributed by atoms with Crippen LogP contribution < -0.4 is 43.1 Å². The first-order valence-electron chi connectivity index (χ1n) is 28.9. The van der Waals surface area contributed by atoms with Gasteiger partial charge in [-0.05, 0) is 121 Å². The van der Waals surface area contributed by atoms with E-state index in [0.717, 1.165) is 83.7 Å². The molecule has 0 saturated heterocycles. The molecular weight excluding hydrogens is 1090 g/mol. The monoisotopic (exact) mass is 1160 g/mol. The number of amides is 3. The molecule has 12 rings (SSSR count). The Morgan fingerprint density at radius 2 is 0.874 bits per heavy atom. The third-order valence-electron chi connectivity index (χ3n) is 14.6. The van der Waals surface area contributed by atoms with E-state index in [9.17, 15) is 14.4 Å². The highest BCUT2D eigenvalue weighted by atomic mass is 16.5. The Balaban J connectivity index is 0.000000144. The summed E-state index contributed by atoms with van der Waals surface area (Å²) in [4.78, 5) is 54.9. The van der Waals surface area contributed by atoms with Gasteiger partial charge in [0.05, 0.1) is 91.0 Å². The van der Waals surface area contributed by atoms with Crippen molar-refractivity contribution in [3.63, 3.8) is 0 Å². The van der Waals surface area contributed by atoms with Gasteiger partial charge in [0.25, 0.3) is 0 Å². The van der Waals surface area contributed by atoms with Gasteiger partial charge >= 0.3 is 0 Å². The number of rotatable bonds is 9. The molecule has 0 unspecified atom stereocenters. The molecule has 0 fully saturated rings. The van der Waals surface area contributed by atoms with Crippen molar-refractivity contribution in [1.29, 1.82) is 0 Å². The SMILES string of the molecule is C[C@H]1COc2ccc(C#CCCOc3ccc4cccnc4c3)cc2N(C)C1=O.C[C@H]1COc2ccc(C#CCCOc3ccc4ncccc4c3)cc2N(C)C1=O.C[C@H]1COc2ccc(C#CCCOc3cccc4ncccc34)cc2N(C)C1=O. The van der Waals surface area contributed by atoms with Gasteiger partial charge in [-0.1, -0.05) is 74.5 Å². The lowest BCUT2D eigenvalue weighted by atomic mass is 10.1. The highest BCUT2D eigenvalue weighted by molar-refractivity contribution is 5.98. The fraction of sp³-hybridized carbons (Fsp3) is 0.250.